The fourth-order valence-electron chi connectivity index (χ4n) is 1.79. The van der Waals surface area contributed by atoms with Crippen LogP contribution in [0.2, 0.25) is 0 Å². The fraction of sp³-hybridized carbons (Fsp3) is 0.333. The molecule has 1 heterocycles. The molecule has 1 aromatic heterocycles. The van der Waals surface area contributed by atoms with Crippen molar-refractivity contribution in [3.63, 3.8) is 0 Å². The summed E-state index contributed by atoms with van der Waals surface area (Å²) < 4.78 is 1.49. The summed E-state index contributed by atoms with van der Waals surface area (Å²) in [4.78, 5) is 23.1. The van der Waals surface area contributed by atoms with Crippen molar-refractivity contribution in [3.05, 3.63) is 24.3 Å². The molecule has 1 aliphatic rings. The number of para-hydroxylation sites is 1. The number of amides is 2. The van der Waals surface area contributed by atoms with E-state index in [-0.39, 0.29) is 24.3 Å². The van der Waals surface area contributed by atoms with Crippen molar-refractivity contribution >= 4 is 22.8 Å². The van der Waals surface area contributed by atoms with Crippen LogP contribution in [0.4, 0.5) is 0 Å². The van der Waals surface area contributed by atoms with E-state index in [1.54, 1.807) is 0 Å². The van der Waals surface area contributed by atoms with Gasteiger partial charge in [-0.1, -0.05) is 17.3 Å². The second-order valence-electron chi connectivity index (χ2n) is 4.55. The SMILES string of the molecule is O=C(Cn1nnc2ccccc21)NNC(=O)C1CC1. The fourth-order valence-corrected chi connectivity index (χ4v) is 1.79. The molecule has 19 heavy (non-hydrogen) atoms. The van der Waals surface area contributed by atoms with Crippen LogP contribution in [0.15, 0.2) is 24.3 Å². The van der Waals surface area contributed by atoms with E-state index in [9.17, 15) is 9.59 Å². The van der Waals surface area contributed by atoms with E-state index in [1.165, 1.54) is 4.68 Å². The zero-order valence-corrected chi connectivity index (χ0v) is 10.2. The smallest absolute Gasteiger partial charge is 0.260 e. The van der Waals surface area contributed by atoms with E-state index in [1.807, 2.05) is 24.3 Å². The lowest BCUT2D eigenvalue weighted by Gasteiger charge is -2.06. The molecule has 0 unspecified atom stereocenters. The van der Waals surface area contributed by atoms with Gasteiger partial charge in [-0.3, -0.25) is 20.4 Å². The van der Waals surface area contributed by atoms with Gasteiger partial charge in [0.1, 0.15) is 12.1 Å². The average molecular weight is 259 g/mol. The normalized spacial score (nSPS) is 14.3. The van der Waals surface area contributed by atoms with Crippen LogP contribution in [0.5, 0.6) is 0 Å². The lowest BCUT2D eigenvalue weighted by molar-refractivity contribution is -0.129. The molecule has 1 fully saturated rings. The highest BCUT2D eigenvalue weighted by atomic mass is 16.2. The molecule has 1 saturated carbocycles. The predicted octanol–water partition coefficient (Wildman–Crippen LogP) is -0.0113. The number of hydrazine groups is 1. The molecule has 98 valence electrons. The van der Waals surface area contributed by atoms with Gasteiger partial charge in [0, 0.05) is 5.92 Å². The summed E-state index contributed by atoms with van der Waals surface area (Å²) in [5.41, 5.74) is 6.30. The van der Waals surface area contributed by atoms with E-state index < -0.39 is 0 Å². The van der Waals surface area contributed by atoms with Crippen LogP contribution in [0, 0.1) is 5.92 Å². The highest BCUT2D eigenvalue weighted by Crippen LogP contribution is 2.28. The predicted molar refractivity (Wildman–Crippen MR) is 66.5 cm³/mol. The highest BCUT2D eigenvalue weighted by molar-refractivity contribution is 5.85. The molecule has 0 saturated heterocycles. The Morgan fingerprint density at radius 3 is 2.84 bits per heavy atom. The van der Waals surface area contributed by atoms with E-state index in [4.69, 9.17) is 0 Å². The lowest BCUT2D eigenvalue weighted by Crippen LogP contribution is -2.43. The van der Waals surface area contributed by atoms with Crippen molar-refractivity contribution in [3.8, 4) is 0 Å². The molecule has 2 aromatic rings. The quantitative estimate of drug-likeness (QED) is 0.759. The van der Waals surface area contributed by atoms with Gasteiger partial charge < -0.3 is 0 Å². The van der Waals surface area contributed by atoms with E-state index in [2.05, 4.69) is 21.2 Å². The summed E-state index contributed by atoms with van der Waals surface area (Å²) in [5, 5.41) is 7.85. The number of aromatic nitrogens is 3. The summed E-state index contributed by atoms with van der Waals surface area (Å²) in [6.07, 6.45) is 1.80. The molecule has 2 N–H and O–H groups in total. The maximum absolute atomic E-state index is 11.7. The van der Waals surface area contributed by atoms with Gasteiger partial charge in [-0.15, -0.1) is 5.10 Å². The molecule has 7 nitrogen and oxygen atoms in total. The van der Waals surface area contributed by atoms with Crippen LogP contribution in [0.1, 0.15) is 12.8 Å². The summed E-state index contributed by atoms with van der Waals surface area (Å²) >= 11 is 0. The van der Waals surface area contributed by atoms with Gasteiger partial charge in [-0.25, -0.2) is 4.68 Å². The van der Waals surface area contributed by atoms with Gasteiger partial charge in [0.15, 0.2) is 0 Å². The van der Waals surface area contributed by atoms with E-state index in [0.29, 0.717) is 0 Å². The molecule has 1 aliphatic carbocycles. The molecule has 0 radical (unpaired) electrons. The Morgan fingerprint density at radius 2 is 2.05 bits per heavy atom. The zero-order chi connectivity index (χ0) is 13.2. The first-order chi connectivity index (χ1) is 9.24. The van der Waals surface area contributed by atoms with Gasteiger partial charge in [-0.2, -0.15) is 0 Å². The third kappa shape index (κ3) is 2.54. The molecule has 0 spiro atoms. The third-order valence-corrected chi connectivity index (χ3v) is 2.99. The van der Waals surface area contributed by atoms with Crippen molar-refractivity contribution < 1.29 is 9.59 Å². The molecule has 3 rings (SSSR count). The summed E-state index contributed by atoms with van der Waals surface area (Å²) in [5.74, 6) is -0.394. The third-order valence-electron chi connectivity index (χ3n) is 2.99. The minimum atomic E-state index is -0.329. The number of nitrogens with zero attached hydrogens (tertiary/aromatic N) is 3. The van der Waals surface area contributed by atoms with Crippen LogP contribution in [0.25, 0.3) is 11.0 Å². The number of carbonyl (C=O) groups is 2. The van der Waals surface area contributed by atoms with Crippen molar-refractivity contribution in [2.24, 2.45) is 5.92 Å². The first-order valence-corrected chi connectivity index (χ1v) is 6.11. The molecule has 7 heteroatoms. The number of benzene rings is 1. The second-order valence-corrected chi connectivity index (χ2v) is 4.55. The molecule has 2 amide bonds. The van der Waals surface area contributed by atoms with Crippen LogP contribution < -0.4 is 10.9 Å². The van der Waals surface area contributed by atoms with Crippen molar-refractivity contribution in [1.82, 2.24) is 25.8 Å². The Hall–Kier alpha value is -2.44. The monoisotopic (exact) mass is 259 g/mol. The summed E-state index contributed by atoms with van der Waals surface area (Å²) in [6, 6.07) is 7.38. The van der Waals surface area contributed by atoms with Crippen LogP contribution in [0.3, 0.4) is 0 Å². The minimum Gasteiger partial charge on any atom is -0.273 e. The van der Waals surface area contributed by atoms with E-state index >= 15 is 0 Å². The largest absolute Gasteiger partial charge is 0.273 e. The van der Waals surface area contributed by atoms with Gasteiger partial charge >= 0.3 is 0 Å². The maximum atomic E-state index is 11.7. The molecule has 0 aliphatic heterocycles. The Bertz CT molecular complexity index is 632. The van der Waals surface area contributed by atoms with Gasteiger partial charge in [0.05, 0.1) is 5.52 Å². The number of hydrogen-bond donors (Lipinski definition) is 2. The molecule has 0 atom stereocenters. The Kier molecular flexibility index (Phi) is 2.86. The maximum Gasteiger partial charge on any atom is 0.260 e. The van der Waals surface area contributed by atoms with Crippen molar-refractivity contribution in [2.75, 3.05) is 0 Å². The number of hydrogen-bond acceptors (Lipinski definition) is 4. The topological polar surface area (TPSA) is 88.9 Å². The lowest BCUT2D eigenvalue weighted by atomic mass is 10.3. The molecular formula is C12H13N5O2. The number of fused-ring (bicyclic) bond motifs is 1. The van der Waals surface area contributed by atoms with Gasteiger partial charge in [0.25, 0.3) is 5.91 Å². The number of rotatable bonds is 3. The molecule has 1 aromatic carbocycles. The minimum absolute atomic E-state index is 0.0193. The first-order valence-electron chi connectivity index (χ1n) is 6.11. The molecule has 0 bridgehead atoms. The number of nitrogens with one attached hydrogen (secondary N) is 2. The summed E-state index contributed by atoms with van der Waals surface area (Å²) in [7, 11) is 0. The molecular weight excluding hydrogens is 246 g/mol. The number of carbonyl (C=O) groups excluding carboxylic acids is 2. The van der Waals surface area contributed by atoms with Gasteiger partial charge in [-0.05, 0) is 25.0 Å². The standard InChI is InChI=1S/C12H13N5O2/c18-11(14-15-12(19)8-5-6-8)7-17-10-4-2-1-3-9(10)13-16-17/h1-4,8H,5-7H2,(H,14,18)(H,15,19). The van der Waals surface area contributed by atoms with Crippen LogP contribution >= 0.6 is 0 Å². The van der Waals surface area contributed by atoms with Gasteiger partial charge in [0.2, 0.25) is 5.91 Å². The van der Waals surface area contributed by atoms with E-state index in [0.717, 1.165) is 23.9 Å². The Labute approximate surface area is 108 Å². The first kappa shape index (κ1) is 11.6. The highest BCUT2D eigenvalue weighted by Gasteiger charge is 2.29. The van der Waals surface area contributed by atoms with Crippen molar-refractivity contribution in [2.45, 2.75) is 19.4 Å². The second kappa shape index (κ2) is 4.68. The average Bonchev–Trinajstić information content (AvgIpc) is 3.20. The summed E-state index contributed by atoms with van der Waals surface area (Å²) in [6.45, 7) is 0.0193. The van der Waals surface area contributed by atoms with Crippen LogP contribution in [-0.4, -0.2) is 26.8 Å². The van der Waals surface area contributed by atoms with Crippen LogP contribution in [-0.2, 0) is 16.1 Å². The van der Waals surface area contributed by atoms with Crippen molar-refractivity contribution in [1.29, 1.82) is 0 Å². The zero-order valence-electron chi connectivity index (χ0n) is 10.2. The Balaban J connectivity index is 1.61. The Morgan fingerprint density at radius 1 is 1.26 bits per heavy atom.